The number of furan rings is 1. The van der Waals surface area contributed by atoms with Crippen molar-refractivity contribution in [2.45, 2.75) is 11.4 Å². The molecule has 0 spiro atoms. The lowest BCUT2D eigenvalue weighted by atomic mass is 10.3. The molecule has 1 aliphatic heterocycles. The maximum atomic E-state index is 12.8. The minimum absolute atomic E-state index is 0.0832. The highest BCUT2D eigenvalue weighted by molar-refractivity contribution is 7.89. The molecule has 1 saturated heterocycles. The predicted octanol–water partition coefficient (Wildman–Crippen LogP) is 1.74. The largest absolute Gasteiger partial charge is 0.461 e. The topological polar surface area (TPSA) is 136 Å². The first-order valence-electron chi connectivity index (χ1n) is 8.77. The Labute approximate surface area is 165 Å². The molecule has 152 valence electrons. The lowest BCUT2D eigenvalue weighted by Gasteiger charge is -2.33. The summed E-state index contributed by atoms with van der Waals surface area (Å²) in [6.45, 7) is 1.83. The van der Waals surface area contributed by atoms with Crippen molar-refractivity contribution in [3.05, 3.63) is 58.7 Å². The average Bonchev–Trinajstić information content (AvgIpc) is 3.40. The normalized spacial score (nSPS) is 16.1. The third-order valence-corrected chi connectivity index (χ3v) is 6.46. The van der Waals surface area contributed by atoms with Crippen molar-refractivity contribution in [2.24, 2.45) is 0 Å². The van der Waals surface area contributed by atoms with E-state index in [-0.39, 0.29) is 23.7 Å². The summed E-state index contributed by atoms with van der Waals surface area (Å²) in [5.41, 5.74) is -0.256. The zero-order valence-electron chi connectivity index (χ0n) is 15.2. The van der Waals surface area contributed by atoms with Crippen LogP contribution in [0.25, 0.3) is 11.6 Å². The number of nitro benzene ring substituents is 1. The Morgan fingerprint density at radius 2 is 1.93 bits per heavy atom. The van der Waals surface area contributed by atoms with Crippen LogP contribution in [0.3, 0.4) is 0 Å². The predicted molar refractivity (Wildman–Crippen MR) is 99.1 cm³/mol. The van der Waals surface area contributed by atoms with Crippen LogP contribution in [0.4, 0.5) is 5.69 Å². The van der Waals surface area contributed by atoms with Crippen molar-refractivity contribution in [1.29, 1.82) is 0 Å². The van der Waals surface area contributed by atoms with Crippen LogP contribution in [0.5, 0.6) is 0 Å². The van der Waals surface area contributed by atoms with E-state index in [9.17, 15) is 18.5 Å². The molecule has 0 N–H and O–H groups in total. The fourth-order valence-electron chi connectivity index (χ4n) is 3.05. The number of nitrogens with zero attached hydrogens (tertiary/aromatic N) is 5. The number of nitro groups is 1. The molecule has 1 fully saturated rings. The summed E-state index contributed by atoms with van der Waals surface area (Å²) in [4.78, 5) is 16.5. The average molecular weight is 419 g/mol. The van der Waals surface area contributed by atoms with Crippen LogP contribution in [0, 0.1) is 10.1 Å². The van der Waals surface area contributed by atoms with E-state index in [1.165, 1.54) is 28.8 Å². The van der Waals surface area contributed by atoms with Gasteiger partial charge in [0.1, 0.15) is 0 Å². The smallest absolute Gasteiger partial charge is 0.270 e. The highest BCUT2D eigenvalue weighted by atomic mass is 32.2. The highest BCUT2D eigenvalue weighted by Gasteiger charge is 2.30. The number of non-ortho nitro benzene ring substituents is 1. The number of piperazine rings is 1. The van der Waals surface area contributed by atoms with Gasteiger partial charge in [0.05, 0.1) is 22.6 Å². The zero-order valence-corrected chi connectivity index (χ0v) is 16.0. The molecule has 12 heteroatoms. The Bertz CT molecular complexity index is 1100. The molecule has 1 aromatic carbocycles. The molecule has 29 heavy (non-hydrogen) atoms. The van der Waals surface area contributed by atoms with Gasteiger partial charge in [-0.1, -0.05) is 11.2 Å². The van der Waals surface area contributed by atoms with Crippen LogP contribution < -0.4 is 0 Å². The summed E-state index contributed by atoms with van der Waals surface area (Å²) in [7, 11) is -3.80. The van der Waals surface area contributed by atoms with Gasteiger partial charge in [0.2, 0.25) is 21.7 Å². The number of aromatic nitrogens is 2. The van der Waals surface area contributed by atoms with Crippen molar-refractivity contribution < 1.29 is 22.3 Å². The molecule has 3 heterocycles. The van der Waals surface area contributed by atoms with E-state index < -0.39 is 14.9 Å². The summed E-state index contributed by atoms with van der Waals surface area (Å²) < 4.78 is 37.4. The van der Waals surface area contributed by atoms with Crippen LogP contribution in [-0.4, -0.2) is 58.9 Å². The van der Waals surface area contributed by atoms with E-state index in [4.69, 9.17) is 8.94 Å². The maximum absolute atomic E-state index is 12.8. The fourth-order valence-corrected chi connectivity index (χ4v) is 4.51. The third kappa shape index (κ3) is 4.04. The Hall–Kier alpha value is -3.09. The van der Waals surface area contributed by atoms with Gasteiger partial charge in [-0.25, -0.2) is 8.42 Å². The molecule has 4 rings (SSSR count). The van der Waals surface area contributed by atoms with Crippen molar-refractivity contribution in [2.75, 3.05) is 26.2 Å². The number of hydrogen-bond acceptors (Lipinski definition) is 9. The summed E-state index contributed by atoms with van der Waals surface area (Å²) >= 11 is 0. The molecule has 3 aromatic rings. The second-order valence-corrected chi connectivity index (χ2v) is 8.36. The molecule has 0 amide bonds. The number of rotatable bonds is 6. The minimum Gasteiger partial charge on any atom is -0.461 e. The van der Waals surface area contributed by atoms with Gasteiger partial charge in [-0.2, -0.15) is 9.29 Å². The van der Waals surface area contributed by atoms with Crippen LogP contribution in [-0.2, 0) is 16.6 Å². The molecule has 2 aromatic heterocycles. The van der Waals surface area contributed by atoms with E-state index in [1.54, 1.807) is 12.1 Å². The first-order chi connectivity index (χ1) is 13.9. The molecule has 1 aliphatic rings. The van der Waals surface area contributed by atoms with Crippen LogP contribution in [0.2, 0.25) is 0 Å². The SMILES string of the molecule is O=[N+]([O-])c1cccc(S(=O)(=O)N2CCN(Cc3nc(-c4ccco4)no3)CC2)c1. The molecule has 0 atom stereocenters. The monoisotopic (exact) mass is 419 g/mol. The number of benzene rings is 1. The van der Waals surface area contributed by atoms with Gasteiger partial charge >= 0.3 is 0 Å². The molecule has 0 bridgehead atoms. The van der Waals surface area contributed by atoms with Gasteiger partial charge < -0.3 is 8.94 Å². The summed E-state index contributed by atoms with van der Waals surface area (Å²) in [6, 6.07) is 8.53. The van der Waals surface area contributed by atoms with E-state index in [0.717, 1.165) is 6.07 Å². The Balaban J connectivity index is 1.39. The van der Waals surface area contributed by atoms with E-state index in [1.807, 2.05) is 4.90 Å². The quantitative estimate of drug-likeness (QED) is 0.432. The molecule has 11 nitrogen and oxygen atoms in total. The van der Waals surface area contributed by atoms with Crippen molar-refractivity contribution in [3.8, 4) is 11.6 Å². The zero-order chi connectivity index (χ0) is 20.4. The molecule has 0 unspecified atom stereocenters. The first kappa shape index (κ1) is 19.2. The Kier molecular flexibility index (Phi) is 5.13. The number of hydrogen-bond donors (Lipinski definition) is 0. The molecular formula is C17H17N5O6S. The minimum atomic E-state index is -3.80. The Morgan fingerprint density at radius 1 is 1.14 bits per heavy atom. The van der Waals surface area contributed by atoms with Gasteiger partial charge in [0, 0.05) is 38.3 Å². The van der Waals surface area contributed by atoms with E-state index in [2.05, 4.69) is 10.1 Å². The molecular weight excluding hydrogens is 402 g/mol. The van der Waals surface area contributed by atoms with Crippen LogP contribution >= 0.6 is 0 Å². The van der Waals surface area contributed by atoms with Crippen molar-refractivity contribution >= 4 is 15.7 Å². The first-order valence-corrected chi connectivity index (χ1v) is 10.2. The van der Waals surface area contributed by atoms with E-state index in [0.29, 0.717) is 37.1 Å². The van der Waals surface area contributed by atoms with Crippen LogP contribution in [0.1, 0.15) is 5.89 Å². The van der Waals surface area contributed by atoms with Crippen molar-refractivity contribution in [3.63, 3.8) is 0 Å². The fraction of sp³-hybridized carbons (Fsp3) is 0.294. The van der Waals surface area contributed by atoms with Gasteiger partial charge in [-0.15, -0.1) is 0 Å². The van der Waals surface area contributed by atoms with Gasteiger partial charge in [0.25, 0.3) is 5.69 Å². The Morgan fingerprint density at radius 3 is 2.62 bits per heavy atom. The second kappa shape index (κ2) is 7.73. The van der Waals surface area contributed by atoms with Gasteiger partial charge in [0.15, 0.2) is 5.76 Å². The summed E-state index contributed by atoms with van der Waals surface area (Å²) in [5, 5.41) is 14.8. The third-order valence-electron chi connectivity index (χ3n) is 4.57. The molecule has 0 radical (unpaired) electrons. The van der Waals surface area contributed by atoms with E-state index >= 15 is 0 Å². The molecule has 0 saturated carbocycles. The summed E-state index contributed by atoms with van der Waals surface area (Å²) in [5.74, 6) is 1.27. The lowest BCUT2D eigenvalue weighted by Crippen LogP contribution is -2.48. The maximum Gasteiger partial charge on any atom is 0.270 e. The summed E-state index contributed by atoms with van der Waals surface area (Å²) in [6.07, 6.45) is 1.52. The lowest BCUT2D eigenvalue weighted by molar-refractivity contribution is -0.385. The van der Waals surface area contributed by atoms with Gasteiger partial charge in [-0.3, -0.25) is 15.0 Å². The van der Waals surface area contributed by atoms with Gasteiger partial charge in [-0.05, 0) is 18.2 Å². The van der Waals surface area contributed by atoms with Crippen LogP contribution in [0.15, 0.2) is 56.5 Å². The molecule has 0 aliphatic carbocycles. The van der Waals surface area contributed by atoms with Crippen molar-refractivity contribution in [1.82, 2.24) is 19.3 Å². The number of sulfonamides is 1. The second-order valence-electron chi connectivity index (χ2n) is 6.42. The standard InChI is InChI=1S/C17H17N5O6S/c23-22(24)13-3-1-4-14(11-13)29(25,26)21-8-6-20(7-9-21)12-16-18-17(19-28-16)15-5-2-10-27-15/h1-5,10-11H,6-9,12H2. The highest BCUT2D eigenvalue weighted by Crippen LogP contribution is 2.22.